The van der Waals surface area contributed by atoms with E-state index >= 15 is 0 Å². The highest BCUT2D eigenvalue weighted by Crippen LogP contribution is 2.28. The van der Waals surface area contributed by atoms with E-state index in [1.54, 1.807) is 19.1 Å². The second-order valence-corrected chi connectivity index (χ2v) is 5.15. The highest BCUT2D eigenvalue weighted by molar-refractivity contribution is 5.98. The number of rotatable bonds is 2. The van der Waals surface area contributed by atoms with Crippen LogP contribution in [0.15, 0.2) is 42.5 Å². The molecule has 0 fully saturated rings. The van der Waals surface area contributed by atoms with E-state index in [9.17, 15) is 9.18 Å². The van der Waals surface area contributed by atoms with Crippen LogP contribution in [0.2, 0.25) is 0 Å². The predicted octanol–water partition coefficient (Wildman–Crippen LogP) is 3.57. The number of Topliss-reactive ketones (excluding diaryl/α,β-unsaturated/α-hetero) is 1. The number of fused-ring (bicyclic) bond motifs is 1. The van der Waals surface area contributed by atoms with Gasteiger partial charge in [-0.05, 0) is 36.6 Å². The molecule has 1 atom stereocenters. The van der Waals surface area contributed by atoms with Crippen molar-refractivity contribution in [2.24, 2.45) is 5.92 Å². The lowest BCUT2D eigenvalue weighted by Gasteiger charge is -2.24. The molecule has 0 radical (unpaired) electrons. The summed E-state index contributed by atoms with van der Waals surface area (Å²) < 4.78 is 19.2. The maximum absolute atomic E-state index is 13.6. The number of benzene rings is 2. The van der Waals surface area contributed by atoms with E-state index < -0.39 is 0 Å². The number of para-hydroxylation sites is 1. The number of halogens is 1. The molecule has 2 aromatic rings. The maximum Gasteiger partial charge on any atom is 0.169 e. The molecule has 0 aromatic heterocycles. The van der Waals surface area contributed by atoms with Crippen LogP contribution in [0.4, 0.5) is 4.39 Å². The first-order chi connectivity index (χ1) is 9.65. The van der Waals surface area contributed by atoms with Crippen LogP contribution in [-0.4, -0.2) is 12.4 Å². The van der Waals surface area contributed by atoms with Gasteiger partial charge in [-0.15, -0.1) is 0 Å². The largest absolute Gasteiger partial charge is 0.493 e. The Morgan fingerprint density at radius 2 is 2.05 bits per heavy atom. The van der Waals surface area contributed by atoms with Crippen molar-refractivity contribution < 1.29 is 13.9 Å². The van der Waals surface area contributed by atoms with Gasteiger partial charge in [-0.1, -0.05) is 30.3 Å². The second kappa shape index (κ2) is 5.08. The van der Waals surface area contributed by atoms with Crippen LogP contribution in [0.3, 0.4) is 0 Å². The third kappa shape index (κ3) is 2.31. The minimum atomic E-state index is -0.340. The molecule has 102 valence electrons. The van der Waals surface area contributed by atoms with Crippen molar-refractivity contribution in [3.05, 3.63) is 65.0 Å². The molecule has 1 aliphatic heterocycles. The van der Waals surface area contributed by atoms with Crippen LogP contribution < -0.4 is 4.74 Å². The fourth-order valence-electron chi connectivity index (χ4n) is 2.48. The van der Waals surface area contributed by atoms with Gasteiger partial charge >= 0.3 is 0 Å². The van der Waals surface area contributed by atoms with Gasteiger partial charge in [0.1, 0.15) is 11.6 Å². The van der Waals surface area contributed by atoms with Gasteiger partial charge in [-0.2, -0.15) is 0 Å². The average Bonchev–Trinajstić information content (AvgIpc) is 2.49. The van der Waals surface area contributed by atoms with Crippen molar-refractivity contribution in [1.82, 2.24) is 0 Å². The number of carbonyl (C=O) groups is 1. The summed E-state index contributed by atoms with van der Waals surface area (Å²) in [5.41, 5.74) is 2.00. The summed E-state index contributed by atoms with van der Waals surface area (Å²) >= 11 is 0. The first-order valence-corrected chi connectivity index (χ1v) is 6.66. The fourth-order valence-corrected chi connectivity index (χ4v) is 2.48. The van der Waals surface area contributed by atoms with Gasteiger partial charge in [-0.25, -0.2) is 4.39 Å². The third-order valence-electron chi connectivity index (χ3n) is 3.71. The minimum absolute atomic E-state index is 0.0570. The monoisotopic (exact) mass is 270 g/mol. The minimum Gasteiger partial charge on any atom is -0.493 e. The highest BCUT2D eigenvalue weighted by atomic mass is 19.1. The molecular formula is C17H15FO2. The van der Waals surface area contributed by atoms with Crippen molar-refractivity contribution >= 4 is 5.78 Å². The number of ketones is 1. The Bertz CT molecular complexity index is 664. The van der Waals surface area contributed by atoms with Gasteiger partial charge in [0.2, 0.25) is 0 Å². The molecule has 0 aliphatic carbocycles. The van der Waals surface area contributed by atoms with Crippen molar-refractivity contribution in [1.29, 1.82) is 0 Å². The van der Waals surface area contributed by atoms with E-state index in [4.69, 9.17) is 4.74 Å². The average molecular weight is 270 g/mol. The SMILES string of the molecule is Cc1ccc(C(=O)C2COc3ccccc3C2)cc1F. The zero-order valence-corrected chi connectivity index (χ0v) is 11.2. The lowest BCUT2D eigenvalue weighted by molar-refractivity contribution is 0.0854. The summed E-state index contributed by atoms with van der Waals surface area (Å²) in [5, 5.41) is 0. The molecule has 0 saturated carbocycles. The zero-order valence-electron chi connectivity index (χ0n) is 11.2. The lowest BCUT2D eigenvalue weighted by atomic mass is 9.89. The molecule has 1 unspecified atom stereocenters. The topological polar surface area (TPSA) is 26.3 Å². The first kappa shape index (κ1) is 12.9. The Morgan fingerprint density at radius 3 is 2.85 bits per heavy atom. The zero-order chi connectivity index (χ0) is 14.1. The molecule has 0 amide bonds. The maximum atomic E-state index is 13.6. The molecule has 0 bridgehead atoms. The molecule has 0 saturated heterocycles. The standard InChI is InChI=1S/C17H15FO2/c1-11-6-7-13(9-15(11)18)17(19)14-8-12-4-2-3-5-16(12)20-10-14/h2-7,9,14H,8,10H2,1H3. The Kier molecular flexibility index (Phi) is 3.26. The van der Waals surface area contributed by atoms with Crippen LogP contribution in [0.5, 0.6) is 5.75 Å². The van der Waals surface area contributed by atoms with Crippen molar-refractivity contribution in [3.63, 3.8) is 0 Å². The third-order valence-corrected chi connectivity index (χ3v) is 3.71. The molecule has 2 nitrogen and oxygen atoms in total. The number of carbonyl (C=O) groups excluding carboxylic acids is 1. The number of hydrogen-bond donors (Lipinski definition) is 0. The Labute approximate surface area is 117 Å². The van der Waals surface area contributed by atoms with E-state index in [0.717, 1.165) is 11.3 Å². The van der Waals surface area contributed by atoms with Crippen LogP contribution in [0.1, 0.15) is 21.5 Å². The van der Waals surface area contributed by atoms with Gasteiger partial charge in [0.15, 0.2) is 5.78 Å². The molecule has 0 spiro atoms. The fraction of sp³-hybridized carbons (Fsp3) is 0.235. The van der Waals surface area contributed by atoms with Crippen molar-refractivity contribution in [2.75, 3.05) is 6.61 Å². The van der Waals surface area contributed by atoms with Crippen LogP contribution in [-0.2, 0) is 6.42 Å². The normalized spacial score (nSPS) is 17.2. The Balaban J connectivity index is 1.84. The smallest absolute Gasteiger partial charge is 0.169 e. The summed E-state index contributed by atoms with van der Waals surface area (Å²) in [6.45, 7) is 2.04. The summed E-state index contributed by atoms with van der Waals surface area (Å²) in [6, 6.07) is 12.3. The van der Waals surface area contributed by atoms with Crippen molar-refractivity contribution in [3.8, 4) is 5.75 Å². The van der Waals surface area contributed by atoms with Crippen molar-refractivity contribution in [2.45, 2.75) is 13.3 Å². The molecular weight excluding hydrogens is 255 g/mol. The van der Waals surface area contributed by atoms with Crippen LogP contribution >= 0.6 is 0 Å². The molecule has 3 rings (SSSR count). The predicted molar refractivity (Wildman–Crippen MR) is 74.6 cm³/mol. The number of ether oxygens (including phenoxy) is 1. The van der Waals surface area contributed by atoms with E-state index in [0.29, 0.717) is 24.2 Å². The van der Waals surface area contributed by atoms with Gasteiger partial charge in [0.25, 0.3) is 0 Å². The summed E-state index contributed by atoms with van der Waals surface area (Å²) in [7, 11) is 0. The quantitative estimate of drug-likeness (QED) is 0.780. The van der Waals surface area contributed by atoms with Crippen LogP contribution in [0.25, 0.3) is 0 Å². The lowest BCUT2D eigenvalue weighted by Crippen LogP contribution is -2.28. The Hall–Kier alpha value is -2.16. The molecule has 3 heteroatoms. The Morgan fingerprint density at radius 1 is 1.25 bits per heavy atom. The molecule has 0 N–H and O–H groups in total. The van der Waals surface area contributed by atoms with Crippen LogP contribution in [0, 0.1) is 18.7 Å². The van der Waals surface area contributed by atoms with E-state index in [1.807, 2.05) is 24.3 Å². The van der Waals surface area contributed by atoms with Gasteiger partial charge < -0.3 is 4.74 Å². The van der Waals surface area contributed by atoms with Gasteiger partial charge in [-0.3, -0.25) is 4.79 Å². The molecule has 1 aliphatic rings. The van der Waals surface area contributed by atoms with E-state index in [1.165, 1.54) is 6.07 Å². The summed E-state index contributed by atoms with van der Waals surface area (Å²) in [6.07, 6.45) is 0.643. The molecule has 1 heterocycles. The second-order valence-electron chi connectivity index (χ2n) is 5.15. The first-order valence-electron chi connectivity index (χ1n) is 6.66. The number of hydrogen-bond acceptors (Lipinski definition) is 2. The highest BCUT2D eigenvalue weighted by Gasteiger charge is 2.26. The van der Waals surface area contributed by atoms with Gasteiger partial charge in [0, 0.05) is 5.56 Å². The summed E-state index contributed by atoms with van der Waals surface area (Å²) in [4.78, 5) is 12.4. The summed E-state index contributed by atoms with van der Waals surface area (Å²) in [5.74, 6) is 0.199. The number of aryl methyl sites for hydroxylation is 1. The van der Waals surface area contributed by atoms with Gasteiger partial charge in [0.05, 0.1) is 12.5 Å². The van der Waals surface area contributed by atoms with E-state index in [2.05, 4.69) is 0 Å². The van der Waals surface area contributed by atoms with E-state index in [-0.39, 0.29) is 17.5 Å². The molecule has 20 heavy (non-hydrogen) atoms. The molecule has 2 aromatic carbocycles.